The average molecular weight is 558 g/mol. The number of nitrogens with one attached hydrogen (secondary N) is 1. The van der Waals surface area contributed by atoms with E-state index >= 15 is 0 Å². The Balaban J connectivity index is 1.53. The molecule has 0 saturated heterocycles. The van der Waals surface area contributed by atoms with Gasteiger partial charge in [0.2, 0.25) is 0 Å². The van der Waals surface area contributed by atoms with Crippen molar-refractivity contribution >= 4 is 43.4 Å². The Labute approximate surface area is 233 Å². The molecule has 1 amide bonds. The molecule has 5 aromatic rings. The number of aryl methyl sites for hydroxylation is 1. The number of sulfonamides is 1. The summed E-state index contributed by atoms with van der Waals surface area (Å²) in [5, 5.41) is 25.1. The Morgan fingerprint density at radius 1 is 0.900 bits per heavy atom. The predicted molar refractivity (Wildman–Crippen MR) is 157 cm³/mol. The number of hydrogen-bond donors (Lipinski definition) is 3. The van der Waals surface area contributed by atoms with Crippen LogP contribution < -0.4 is 9.62 Å². The van der Waals surface area contributed by atoms with Gasteiger partial charge in [0.1, 0.15) is 0 Å². The molecular formula is C31H31N3O5S. The number of rotatable bonds is 10. The Bertz CT molecular complexity index is 1710. The third-order valence-corrected chi connectivity index (χ3v) is 8.66. The lowest BCUT2D eigenvalue weighted by molar-refractivity contribution is 0.0944. The maximum atomic E-state index is 13.9. The Kier molecular flexibility index (Phi) is 7.88. The number of anilines is 1. The lowest BCUT2D eigenvalue weighted by Gasteiger charge is -2.28. The van der Waals surface area contributed by atoms with E-state index in [9.17, 15) is 18.3 Å². The highest BCUT2D eigenvalue weighted by molar-refractivity contribution is 7.92. The van der Waals surface area contributed by atoms with Crippen LogP contribution in [-0.2, 0) is 16.6 Å². The van der Waals surface area contributed by atoms with E-state index in [0.717, 1.165) is 31.7 Å². The number of fused-ring (bicyclic) bond motifs is 3. The molecule has 3 N–H and O–H groups in total. The van der Waals surface area contributed by atoms with Crippen LogP contribution in [0.4, 0.5) is 5.69 Å². The second-order valence-electron chi connectivity index (χ2n) is 9.68. The van der Waals surface area contributed by atoms with Gasteiger partial charge >= 0.3 is 0 Å². The highest BCUT2D eigenvalue weighted by Gasteiger charge is 2.28. The van der Waals surface area contributed by atoms with Crippen LogP contribution in [0.5, 0.6) is 0 Å². The minimum absolute atomic E-state index is 0.0753. The molecule has 1 atom stereocenters. The number of carbonyl (C=O) groups is 1. The van der Waals surface area contributed by atoms with Crippen molar-refractivity contribution in [2.45, 2.75) is 24.5 Å². The number of aliphatic hydroxyl groups excluding tert-OH is 2. The van der Waals surface area contributed by atoms with Crippen molar-refractivity contribution < 1.29 is 23.4 Å². The van der Waals surface area contributed by atoms with Gasteiger partial charge in [-0.1, -0.05) is 60.2 Å². The number of aromatic nitrogens is 1. The van der Waals surface area contributed by atoms with Gasteiger partial charge in [0, 0.05) is 33.9 Å². The van der Waals surface area contributed by atoms with Crippen molar-refractivity contribution in [1.82, 2.24) is 9.88 Å². The summed E-state index contributed by atoms with van der Waals surface area (Å²) in [6, 6.07) is 28.6. The van der Waals surface area contributed by atoms with Crippen LogP contribution in [0.1, 0.15) is 15.9 Å². The van der Waals surface area contributed by atoms with Crippen molar-refractivity contribution in [2.75, 3.05) is 24.0 Å². The molecule has 0 bridgehead atoms. The van der Waals surface area contributed by atoms with Gasteiger partial charge in [0.15, 0.2) is 0 Å². The fourth-order valence-electron chi connectivity index (χ4n) is 4.91. The summed E-state index contributed by atoms with van der Waals surface area (Å²) in [6.45, 7) is 1.65. The van der Waals surface area contributed by atoms with Crippen molar-refractivity contribution in [2.24, 2.45) is 0 Å². The number of benzene rings is 4. The number of para-hydroxylation sites is 2. The van der Waals surface area contributed by atoms with Crippen LogP contribution in [0.2, 0.25) is 0 Å². The van der Waals surface area contributed by atoms with Crippen LogP contribution in [0, 0.1) is 6.92 Å². The highest BCUT2D eigenvalue weighted by Crippen LogP contribution is 2.30. The number of amides is 1. The van der Waals surface area contributed by atoms with Gasteiger partial charge in [-0.05, 0) is 49.4 Å². The van der Waals surface area contributed by atoms with Crippen LogP contribution in [0.25, 0.3) is 21.8 Å². The number of aliphatic hydroxyl groups is 2. The second-order valence-corrected chi connectivity index (χ2v) is 11.5. The monoisotopic (exact) mass is 557 g/mol. The van der Waals surface area contributed by atoms with Crippen molar-refractivity contribution in [3.8, 4) is 0 Å². The molecule has 206 valence electrons. The van der Waals surface area contributed by atoms with Crippen LogP contribution in [0.15, 0.2) is 102 Å². The van der Waals surface area contributed by atoms with Crippen molar-refractivity contribution in [3.63, 3.8) is 0 Å². The van der Waals surface area contributed by atoms with E-state index in [0.29, 0.717) is 0 Å². The first kappa shape index (κ1) is 27.4. The zero-order valence-corrected chi connectivity index (χ0v) is 22.9. The molecule has 1 heterocycles. The molecule has 5 rings (SSSR count). The molecule has 0 saturated carbocycles. The summed E-state index contributed by atoms with van der Waals surface area (Å²) in [7, 11) is -4.10. The molecule has 0 spiro atoms. The Morgan fingerprint density at radius 2 is 1.52 bits per heavy atom. The summed E-state index contributed by atoms with van der Waals surface area (Å²) in [4.78, 5) is 12.7. The summed E-state index contributed by atoms with van der Waals surface area (Å²) >= 11 is 0. The maximum Gasteiger partial charge on any atom is 0.264 e. The Hall–Kier alpha value is -4.18. The summed E-state index contributed by atoms with van der Waals surface area (Å²) in [6.07, 6.45) is -1.08. The van der Waals surface area contributed by atoms with Crippen molar-refractivity contribution in [1.29, 1.82) is 0 Å². The SMILES string of the molecule is Cc1ccc(S(=O)(=O)N(CC(O)Cn2c3ccccc3c3ccccc32)c2cccc(C(=O)NCCO)c2)cc1. The predicted octanol–water partition coefficient (Wildman–Crippen LogP) is 4.08. The molecule has 40 heavy (non-hydrogen) atoms. The zero-order chi connectivity index (χ0) is 28.3. The topological polar surface area (TPSA) is 112 Å². The molecule has 0 fully saturated rings. The van der Waals surface area contributed by atoms with E-state index in [4.69, 9.17) is 5.11 Å². The maximum absolute atomic E-state index is 13.9. The number of carbonyl (C=O) groups excluding carboxylic acids is 1. The average Bonchev–Trinajstić information content (AvgIpc) is 3.28. The van der Waals surface area contributed by atoms with E-state index in [1.54, 1.807) is 30.3 Å². The van der Waals surface area contributed by atoms with E-state index in [1.165, 1.54) is 18.2 Å². The molecule has 0 aliphatic heterocycles. The van der Waals surface area contributed by atoms with E-state index in [-0.39, 0.29) is 42.4 Å². The van der Waals surface area contributed by atoms with Crippen LogP contribution in [0.3, 0.4) is 0 Å². The normalized spacial score (nSPS) is 12.5. The van der Waals surface area contributed by atoms with Gasteiger partial charge in [-0.25, -0.2) is 8.42 Å². The third-order valence-electron chi connectivity index (χ3n) is 6.85. The molecular weight excluding hydrogens is 526 g/mol. The second kappa shape index (κ2) is 11.5. The van der Waals surface area contributed by atoms with Gasteiger partial charge in [0.25, 0.3) is 15.9 Å². The van der Waals surface area contributed by atoms with Gasteiger partial charge in [0.05, 0.1) is 36.4 Å². The van der Waals surface area contributed by atoms with Gasteiger partial charge in [-0.15, -0.1) is 0 Å². The third kappa shape index (κ3) is 5.44. The summed E-state index contributed by atoms with van der Waals surface area (Å²) in [5.41, 5.74) is 3.29. The van der Waals surface area contributed by atoms with Gasteiger partial charge in [-0.3, -0.25) is 9.10 Å². The van der Waals surface area contributed by atoms with Crippen molar-refractivity contribution in [3.05, 3.63) is 108 Å². The fourth-order valence-corrected chi connectivity index (χ4v) is 6.41. The summed E-state index contributed by atoms with van der Waals surface area (Å²) < 4.78 is 31.0. The first-order valence-corrected chi connectivity index (χ1v) is 14.5. The molecule has 0 radical (unpaired) electrons. The van der Waals surface area contributed by atoms with E-state index in [2.05, 4.69) is 5.32 Å². The zero-order valence-electron chi connectivity index (χ0n) is 22.1. The molecule has 9 heteroatoms. The minimum Gasteiger partial charge on any atom is -0.395 e. The molecule has 4 aromatic carbocycles. The first-order chi connectivity index (χ1) is 19.3. The molecule has 8 nitrogen and oxygen atoms in total. The largest absolute Gasteiger partial charge is 0.395 e. The van der Waals surface area contributed by atoms with E-state index < -0.39 is 22.0 Å². The molecule has 0 aliphatic rings. The smallest absolute Gasteiger partial charge is 0.264 e. The molecule has 1 unspecified atom stereocenters. The molecule has 1 aromatic heterocycles. The minimum atomic E-state index is -4.10. The fraction of sp³-hybridized carbons (Fsp3) is 0.194. The highest BCUT2D eigenvalue weighted by atomic mass is 32.2. The Morgan fingerprint density at radius 3 is 2.15 bits per heavy atom. The quantitative estimate of drug-likeness (QED) is 0.240. The summed E-state index contributed by atoms with van der Waals surface area (Å²) in [5.74, 6) is -0.436. The van der Waals surface area contributed by atoms with Gasteiger partial charge < -0.3 is 20.1 Å². The van der Waals surface area contributed by atoms with Crippen LogP contribution >= 0.6 is 0 Å². The number of nitrogens with zero attached hydrogens (tertiary/aromatic N) is 2. The van der Waals surface area contributed by atoms with E-state index in [1.807, 2.05) is 60.0 Å². The van der Waals surface area contributed by atoms with Gasteiger partial charge in [-0.2, -0.15) is 0 Å². The number of hydrogen-bond acceptors (Lipinski definition) is 5. The molecule has 0 aliphatic carbocycles. The standard InChI is InChI=1S/C31H31N3O5S/c1-22-13-15-26(16-14-22)40(38,39)34(24-8-6-7-23(19-24)31(37)32-17-18-35)21-25(36)20-33-29-11-4-2-9-27(29)28-10-3-5-12-30(28)33/h2-16,19,25,35-36H,17-18,20-21H2,1H3,(H,32,37). The lowest BCUT2D eigenvalue weighted by Crippen LogP contribution is -2.39. The first-order valence-electron chi connectivity index (χ1n) is 13.0. The van der Waals surface area contributed by atoms with Crippen LogP contribution in [-0.4, -0.2) is 54.9 Å². The lowest BCUT2D eigenvalue weighted by atomic mass is 10.2.